The molecule has 0 N–H and O–H groups in total. The molecule has 0 saturated carbocycles. The number of hydrogen-bond donors (Lipinski definition) is 0. The highest BCUT2D eigenvalue weighted by atomic mass is 16.6. The van der Waals surface area contributed by atoms with Gasteiger partial charge in [0.2, 0.25) is 0 Å². The fourth-order valence-electron chi connectivity index (χ4n) is 1.65. The standard InChI is InChI=1S/C16H22O3/c1-12(15(18)19-16(2,3)4)14(17)11-10-13-8-6-5-7-9-13/h5-9,12H,10-11H2,1-4H3. The van der Waals surface area contributed by atoms with E-state index in [0.29, 0.717) is 12.8 Å². The smallest absolute Gasteiger partial charge is 0.316 e. The molecule has 1 rings (SSSR count). The molecule has 0 fully saturated rings. The molecule has 0 aliphatic carbocycles. The molecule has 1 unspecified atom stereocenters. The number of ketones is 1. The van der Waals surface area contributed by atoms with Crippen molar-refractivity contribution in [3.05, 3.63) is 35.9 Å². The quantitative estimate of drug-likeness (QED) is 0.604. The third-order valence-electron chi connectivity index (χ3n) is 2.75. The van der Waals surface area contributed by atoms with E-state index >= 15 is 0 Å². The predicted octanol–water partition coefficient (Wildman–Crippen LogP) is 3.17. The number of aryl methyl sites for hydroxylation is 1. The second-order valence-electron chi connectivity index (χ2n) is 5.71. The Balaban J connectivity index is 2.47. The van der Waals surface area contributed by atoms with Crippen LogP contribution in [0.25, 0.3) is 0 Å². The molecule has 0 spiro atoms. The van der Waals surface area contributed by atoms with Crippen molar-refractivity contribution < 1.29 is 14.3 Å². The first-order valence-corrected chi connectivity index (χ1v) is 6.59. The number of hydrogen-bond acceptors (Lipinski definition) is 3. The van der Waals surface area contributed by atoms with Crippen LogP contribution in [0.2, 0.25) is 0 Å². The van der Waals surface area contributed by atoms with Crippen LogP contribution in [0.5, 0.6) is 0 Å². The third-order valence-corrected chi connectivity index (χ3v) is 2.75. The largest absolute Gasteiger partial charge is 0.459 e. The second kappa shape index (κ2) is 6.50. The van der Waals surface area contributed by atoms with Crippen LogP contribution in [-0.2, 0) is 20.7 Å². The average molecular weight is 262 g/mol. The molecule has 104 valence electrons. The lowest BCUT2D eigenvalue weighted by Gasteiger charge is -2.21. The Morgan fingerprint density at radius 3 is 2.26 bits per heavy atom. The fourth-order valence-corrected chi connectivity index (χ4v) is 1.65. The third kappa shape index (κ3) is 5.69. The summed E-state index contributed by atoms with van der Waals surface area (Å²) in [5.41, 5.74) is 0.553. The SMILES string of the molecule is CC(C(=O)CCc1ccccc1)C(=O)OC(C)(C)C. The summed E-state index contributed by atoms with van der Waals surface area (Å²) in [6, 6.07) is 9.78. The molecule has 1 aromatic rings. The van der Waals surface area contributed by atoms with E-state index in [4.69, 9.17) is 4.74 Å². The Morgan fingerprint density at radius 2 is 1.74 bits per heavy atom. The molecule has 0 bridgehead atoms. The van der Waals surface area contributed by atoms with Gasteiger partial charge in [-0.3, -0.25) is 9.59 Å². The zero-order valence-corrected chi connectivity index (χ0v) is 12.1. The number of benzene rings is 1. The lowest BCUT2D eigenvalue weighted by molar-refractivity contribution is -0.161. The summed E-state index contributed by atoms with van der Waals surface area (Å²) < 4.78 is 5.21. The van der Waals surface area contributed by atoms with Crippen LogP contribution in [0.15, 0.2) is 30.3 Å². The highest BCUT2D eigenvalue weighted by Crippen LogP contribution is 2.14. The van der Waals surface area contributed by atoms with Gasteiger partial charge in [-0.05, 0) is 39.7 Å². The van der Waals surface area contributed by atoms with Gasteiger partial charge in [0, 0.05) is 6.42 Å². The van der Waals surface area contributed by atoms with E-state index in [1.54, 1.807) is 27.7 Å². The molecule has 0 saturated heterocycles. The van der Waals surface area contributed by atoms with Gasteiger partial charge in [-0.15, -0.1) is 0 Å². The van der Waals surface area contributed by atoms with Crippen molar-refractivity contribution in [2.75, 3.05) is 0 Å². The van der Waals surface area contributed by atoms with E-state index in [1.807, 2.05) is 30.3 Å². The van der Waals surface area contributed by atoms with Crippen molar-refractivity contribution in [2.24, 2.45) is 5.92 Å². The molecular formula is C16H22O3. The number of ether oxygens (including phenoxy) is 1. The van der Waals surface area contributed by atoms with E-state index in [-0.39, 0.29) is 5.78 Å². The average Bonchev–Trinajstić information content (AvgIpc) is 2.34. The van der Waals surface area contributed by atoms with Gasteiger partial charge >= 0.3 is 5.97 Å². The Hall–Kier alpha value is -1.64. The lowest BCUT2D eigenvalue weighted by atomic mass is 9.99. The summed E-state index contributed by atoms with van der Waals surface area (Å²) in [7, 11) is 0. The van der Waals surface area contributed by atoms with Crippen LogP contribution < -0.4 is 0 Å². The zero-order chi connectivity index (χ0) is 14.5. The first kappa shape index (κ1) is 15.4. The maximum Gasteiger partial charge on any atom is 0.316 e. The molecule has 0 aliphatic rings. The molecule has 0 amide bonds. The predicted molar refractivity (Wildman–Crippen MR) is 74.8 cm³/mol. The van der Waals surface area contributed by atoms with E-state index in [0.717, 1.165) is 5.56 Å². The molecule has 3 heteroatoms. The van der Waals surface area contributed by atoms with Gasteiger partial charge in [-0.1, -0.05) is 30.3 Å². The Bertz CT molecular complexity index is 429. The van der Waals surface area contributed by atoms with Crippen LogP contribution in [0, 0.1) is 5.92 Å². The summed E-state index contributed by atoms with van der Waals surface area (Å²) in [6.45, 7) is 7.01. The van der Waals surface area contributed by atoms with Gasteiger partial charge < -0.3 is 4.74 Å². The van der Waals surface area contributed by atoms with E-state index in [9.17, 15) is 9.59 Å². The minimum absolute atomic E-state index is 0.0712. The fraction of sp³-hybridized carbons (Fsp3) is 0.500. The molecule has 0 heterocycles. The molecule has 0 aliphatic heterocycles. The van der Waals surface area contributed by atoms with Crippen LogP contribution in [-0.4, -0.2) is 17.4 Å². The summed E-state index contributed by atoms with van der Waals surface area (Å²) in [6.07, 6.45) is 1.03. The molecule has 1 atom stereocenters. The Kier molecular flexibility index (Phi) is 5.28. The first-order valence-electron chi connectivity index (χ1n) is 6.59. The van der Waals surface area contributed by atoms with Crippen LogP contribution >= 0.6 is 0 Å². The van der Waals surface area contributed by atoms with Gasteiger partial charge in [-0.25, -0.2) is 0 Å². The minimum Gasteiger partial charge on any atom is -0.459 e. The second-order valence-corrected chi connectivity index (χ2v) is 5.71. The first-order chi connectivity index (χ1) is 8.79. The topological polar surface area (TPSA) is 43.4 Å². The summed E-state index contributed by atoms with van der Waals surface area (Å²) in [5, 5.41) is 0. The van der Waals surface area contributed by atoms with Crippen molar-refractivity contribution in [3.63, 3.8) is 0 Å². The van der Waals surface area contributed by atoms with Gasteiger partial charge in [-0.2, -0.15) is 0 Å². The molecule has 19 heavy (non-hydrogen) atoms. The summed E-state index contributed by atoms with van der Waals surface area (Å²) in [4.78, 5) is 23.7. The van der Waals surface area contributed by atoms with Gasteiger partial charge in [0.1, 0.15) is 17.3 Å². The van der Waals surface area contributed by atoms with E-state index < -0.39 is 17.5 Å². The summed E-state index contributed by atoms with van der Waals surface area (Å²) in [5.74, 6) is -1.20. The number of carbonyl (C=O) groups is 2. The maximum absolute atomic E-state index is 11.9. The molecular weight excluding hydrogens is 240 g/mol. The van der Waals surface area contributed by atoms with E-state index in [2.05, 4.69) is 0 Å². The van der Waals surface area contributed by atoms with Crippen LogP contribution in [0.3, 0.4) is 0 Å². The van der Waals surface area contributed by atoms with Gasteiger partial charge in [0.05, 0.1) is 0 Å². The Morgan fingerprint density at radius 1 is 1.16 bits per heavy atom. The van der Waals surface area contributed by atoms with Crippen LogP contribution in [0.1, 0.15) is 39.7 Å². The number of carbonyl (C=O) groups excluding carboxylic acids is 2. The van der Waals surface area contributed by atoms with E-state index in [1.165, 1.54) is 0 Å². The van der Waals surface area contributed by atoms with Crippen molar-refractivity contribution in [2.45, 2.75) is 46.1 Å². The molecule has 3 nitrogen and oxygen atoms in total. The molecule has 0 aromatic heterocycles. The Labute approximate surface area is 115 Å². The minimum atomic E-state index is -0.692. The number of Topliss-reactive ketones (excluding diaryl/α,β-unsaturated/α-hetero) is 1. The van der Waals surface area contributed by atoms with Gasteiger partial charge in [0.15, 0.2) is 0 Å². The monoisotopic (exact) mass is 262 g/mol. The number of esters is 1. The molecule has 0 radical (unpaired) electrons. The number of rotatable bonds is 5. The molecule has 1 aromatic carbocycles. The highest BCUT2D eigenvalue weighted by Gasteiger charge is 2.26. The maximum atomic E-state index is 11.9. The van der Waals surface area contributed by atoms with Crippen molar-refractivity contribution in [1.29, 1.82) is 0 Å². The lowest BCUT2D eigenvalue weighted by Crippen LogP contribution is -2.31. The van der Waals surface area contributed by atoms with Crippen LogP contribution in [0.4, 0.5) is 0 Å². The summed E-state index contributed by atoms with van der Waals surface area (Å²) >= 11 is 0. The van der Waals surface area contributed by atoms with Crippen molar-refractivity contribution >= 4 is 11.8 Å². The normalized spacial score (nSPS) is 12.8. The zero-order valence-electron chi connectivity index (χ0n) is 12.1. The van der Waals surface area contributed by atoms with Crippen molar-refractivity contribution in [3.8, 4) is 0 Å². The highest BCUT2D eigenvalue weighted by molar-refractivity contribution is 5.98. The van der Waals surface area contributed by atoms with Crippen molar-refractivity contribution in [1.82, 2.24) is 0 Å². The van der Waals surface area contributed by atoms with Gasteiger partial charge in [0.25, 0.3) is 0 Å².